The van der Waals surface area contributed by atoms with Crippen LogP contribution in [-0.2, 0) is 37.5 Å². The number of hydrogen-bond acceptors (Lipinski definition) is 7. The molecule has 1 aliphatic heterocycles. The molecule has 13 heteroatoms. The number of nitrogens with zero attached hydrogens (tertiary/aromatic N) is 5. The largest absolute Gasteiger partial charge is 0.465 e. The number of likely N-dealkylation sites (tertiary alicyclic amines) is 1. The summed E-state index contributed by atoms with van der Waals surface area (Å²) in [5.41, 5.74) is 3.20. The van der Waals surface area contributed by atoms with E-state index in [1.54, 1.807) is 53.5 Å². The summed E-state index contributed by atoms with van der Waals surface area (Å²) < 4.78 is 23.6. The van der Waals surface area contributed by atoms with Crippen LogP contribution in [0.15, 0.2) is 36.5 Å². The number of amides is 3. The van der Waals surface area contributed by atoms with Crippen LogP contribution in [0.2, 0.25) is 0 Å². The number of carbonyl (C=O) groups excluding carboxylic acids is 4. The SMILES string of the molecule is CCOC(=O)CNC(=O)CNC(=O)Cn1nc(C2CCN(C(C)=O)CC2)c2c(-c3cc4c(cnn4C)cc3F)cccc21. The van der Waals surface area contributed by atoms with Crippen molar-refractivity contribution in [1.82, 2.24) is 35.1 Å². The van der Waals surface area contributed by atoms with E-state index >= 15 is 4.39 Å². The van der Waals surface area contributed by atoms with Crippen LogP contribution < -0.4 is 10.6 Å². The predicted molar refractivity (Wildman–Crippen MR) is 156 cm³/mol. The third-order valence-corrected chi connectivity index (χ3v) is 7.73. The van der Waals surface area contributed by atoms with Gasteiger partial charge >= 0.3 is 5.97 Å². The maximum absolute atomic E-state index is 15.6. The van der Waals surface area contributed by atoms with Gasteiger partial charge in [0.2, 0.25) is 17.7 Å². The Hall–Kier alpha value is -4.81. The first kappa shape index (κ1) is 29.7. The highest BCUT2D eigenvalue weighted by Crippen LogP contribution is 2.39. The number of ether oxygens (including phenoxy) is 1. The van der Waals surface area contributed by atoms with Gasteiger partial charge in [-0.05, 0) is 43.5 Å². The van der Waals surface area contributed by atoms with E-state index < -0.39 is 23.6 Å². The second-order valence-corrected chi connectivity index (χ2v) is 10.5. The zero-order valence-electron chi connectivity index (χ0n) is 24.4. The molecule has 1 fully saturated rings. The standard InChI is InChI=1S/C30H34FN7O5/c1-4-43-28(42)16-33-26(40)15-32-27(41)17-38-24-7-5-6-21(22-13-25-20(12-23(22)31)14-34-36(25)3)29(24)30(35-38)19-8-10-37(11-9-19)18(2)39/h5-7,12-14,19H,4,8-11,15-17H2,1-3H3,(H,32,41)(H,33,40). The zero-order chi connectivity index (χ0) is 30.7. The zero-order valence-corrected chi connectivity index (χ0v) is 24.4. The van der Waals surface area contributed by atoms with Gasteiger partial charge in [0.25, 0.3) is 0 Å². The highest BCUT2D eigenvalue weighted by Gasteiger charge is 2.28. The van der Waals surface area contributed by atoms with E-state index in [0.717, 1.165) is 16.6 Å². The molecule has 0 saturated carbocycles. The van der Waals surface area contributed by atoms with E-state index in [4.69, 9.17) is 9.84 Å². The second-order valence-electron chi connectivity index (χ2n) is 10.5. The van der Waals surface area contributed by atoms with Crippen molar-refractivity contribution >= 4 is 45.5 Å². The normalized spacial score (nSPS) is 13.8. The van der Waals surface area contributed by atoms with Crippen LogP contribution in [0, 0.1) is 5.82 Å². The van der Waals surface area contributed by atoms with Gasteiger partial charge in [0.1, 0.15) is 18.9 Å². The monoisotopic (exact) mass is 591 g/mol. The number of esters is 1. The van der Waals surface area contributed by atoms with E-state index in [-0.39, 0.29) is 38.1 Å². The molecule has 0 spiro atoms. The Kier molecular flexibility index (Phi) is 8.69. The molecule has 2 aromatic heterocycles. The first-order valence-corrected chi connectivity index (χ1v) is 14.2. The van der Waals surface area contributed by atoms with Crippen molar-refractivity contribution in [2.45, 2.75) is 39.2 Å². The van der Waals surface area contributed by atoms with Gasteiger partial charge in [0.15, 0.2) is 0 Å². The molecule has 2 N–H and O–H groups in total. The van der Waals surface area contributed by atoms with Crippen LogP contribution in [0.25, 0.3) is 32.9 Å². The van der Waals surface area contributed by atoms with E-state index in [1.807, 2.05) is 12.1 Å². The highest BCUT2D eigenvalue weighted by molar-refractivity contribution is 6.00. The molecule has 2 aromatic carbocycles. The van der Waals surface area contributed by atoms with Crippen molar-refractivity contribution in [3.8, 4) is 11.1 Å². The van der Waals surface area contributed by atoms with Crippen molar-refractivity contribution in [2.75, 3.05) is 32.8 Å². The molecular formula is C30H34FN7O5. The topological polar surface area (TPSA) is 140 Å². The van der Waals surface area contributed by atoms with Gasteiger partial charge < -0.3 is 20.3 Å². The maximum atomic E-state index is 15.6. The Bertz CT molecular complexity index is 1700. The summed E-state index contributed by atoms with van der Waals surface area (Å²) in [4.78, 5) is 50.2. The summed E-state index contributed by atoms with van der Waals surface area (Å²) in [5, 5.41) is 15.5. The van der Waals surface area contributed by atoms with E-state index in [2.05, 4.69) is 15.7 Å². The van der Waals surface area contributed by atoms with Crippen LogP contribution in [0.4, 0.5) is 4.39 Å². The van der Waals surface area contributed by atoms with Crippen molar-refractivity contribution in [3.05, 3.63) is 48.0 Å². The first-order chi connectivity index (χ1) is 20.7. The minimum atomic E-state index is -0.568. The number of aryl methyl sites for hydroxylation is 1. The molecular weight excluding hydrogens is 557 g/mol. The number of rotatable bonds is 9. The molecule has 0 atom stereocenters. The lowest BCUT2D eigenvalue weighted by Crippen LogP contribution is -2.40. The second kappa shape index (κ2) is 12.6. The summed E-state index contributed by atoms with van der Waals surface area (Å²) in [6, 6.07) is 8.71. The minimum absolute atomic E-state index is 0.0132. The van der Waals surface area contributed by atoms with Crippen molar-refractivity contribution < 1.29 is 28.3 Å². The fourth-order valence-electron chi connectivity index (χ4n) is 5.55. The average Bonchev–Trinajstić information content (AvgIpc) is 3.54. The smallest absolute Gasteiger partial charge is 0.325 e. The number of carbonyl (C=O) groups is 4. The molecule has 43 heavy (non-hydrogen) atoms. The van der Waals surface area contributed by atoms with Gasteiger partial charge in [-0.25, -0.2) is 4.39 Å². The van der Waals surface area contributed by atoms with Gasteiger partial charge in [-0.3, -0.25) is 28.5 Å². The van der Waals surface area contributed by atoms with E-state index in [1.165, 1.54) is 6.07 Å². The third-order valence-electron chi connectivity index (χ3n) is 7.73. The van der Waals surface area contributed by atoms with Crippen LogP contribution in [0.3, 0.4) is 0 Å². The number of fused-ring (bicyclic) bond motifs is 2. The summed E-state index contributed by atoms with van der Waals surface area (Å²) in [6.45, 7) is 3.78. The van der Waals surface area contributed by atoms with Crippen molar-refractivity contribution in [1.29, 1.82) is 0 Å². The molecule has 1 saturated heterocycles. The quantitative estimate of drug-likeness (QED) is 0.285. The van der Waals surface area contributed by atoms with Gasteiger partial charge in [-0.2, -0.15) is 10.2 Å². The van der Waals surface area contributed by atoms with Crippen LogP contribution in [0.1, 0.15) is 38.3 Å². The summed E-state index contributed by atoms with van der Waals surface area (Å²) in [5.74, 6) is -1.95. The number of benzene rings is 2. The highest BCUT2D eigenvalue weighted by atomic mass is 19.1. The first-order valence-electron chi connectivity index (χ1n) is 14.2. The Morgan fingerprint density at radius 1 is 1.02 bits per heavy atom. The number of aromatic nitrogens is 4. The lowest BCUT2D eigenvalue weighted by molar-refractivity contribution is -0.143. The lowest BCUT2D eigenvalue weighted by atomic mass is 9.89. The molecule has 0 unspecified atom stereocenters. The van der Waals surface area contributed by atoms with Crippen molar-refractivity contribution in [2.24, 2.45) is 7.05 Å². The Morgan fingerprint density at radius 3 is 2.49 bits per heavy atom. The lowest BCUT2D eigenvalue weighted by Gasteiger charge is -2.30. The molecule has 226 valence electrons. The van der Waals surface area contributed by atoms with Gasteiger partial charge in [-0.15, -0.1) is 0 Å². The molecule has 4 aromatic rings. The third kappa shape index (κ3) is 6.35. The van der Waals surface area contributed by atoms with E-state index in [0.29, 0.717) is 48.0 Å². The summed E-state index contributed by atoms with van der Waals surface area (Å²) >= 11 is 0. The van der Waals surface area contributed by atoms with Crippen LogP contribution in [-0.4, -0.2) is 80.9 Å². The minimum Gasteiger partial charge on any atom is -0.465 e. The van der Waals surface area contributed by atoms with Gasteiger partial charge in [0.05, 0.1) is 36.1 Å². The number of hydrogen-bond donors (Lipinski definition) is 2. The molecule has 0 aliphatic carbocycles. The Balaban J connectivity index is 1.46. The summed E-state index contributed by atoms with van der Waals surface area (Å²) in [6.07, 6.45) is 2.97. The number of piperidine rings is 1. The number of nitrogens with one attached hydrogen (secondary N) is 2. The van der Waals surface area contributed by atoms with Crippen molar-refractivity contribution in [3.63, 3.8) is 0 Å². The molecule has 3 amide bonds. The van der Waals surface area contributed by atoms with Gasteiger partial charge in [-0.1, -0.05) is 12.1 Å². The van der Waals surface area contributed by atoms with Crippen LogP contribution in [0.5, 0.6) is 0 Å². The Labute approximate surface area is 247 Å². The maximum Gasteiger partial charge on any atom is 0.325 e. The molecule has 0 bridgehead atoms. The molecule has 5 rings (SSSR count). The molecule has 12 nitrogen and oxygen atoms in total. The predicted octanol–water partition coefficient (Wildman–Crippen LogP) is 2.25. The average molecular weight is 592 g/mol. The summed E-state index contributed by atoms with van der Waals surface area (Å²) in [7, 11) is 1.80. The number of halogens is 1. The van der Waals surface area contributed by atoms with Crippen LogP contribution >= 0.6 is 0 Å². The van der Waals surface area contributed by atoms with E-state index in [9.17, 15) is 19.2 Å². The molecule has 1 aliphatic rings. The molecule has 3 heterocycles. The van der Waals surface area contributed by atoms with Gasteiger partial charge in [0, 0.05) is 49.3 Å². The fourth-order valence-corrected chi connectivity index (χ4v) is 5.55. The fraction of sp³-hybridized carbons (Fsp3) is 0.400. The Morgan fingerprint density at radius 2 is 1.77 bits per heavy atom. The molecule has 0 radical (unpaired) electrons.